The Labute approximate surface area is 163 Å². The molecule has 5 heteroatoms. The van der Waals surface area contributed by atoms with Crippen molar-refractivity contribution in [3.8, 4) is 0 Å². The Morgan fingerprint density at radius 1 is 1.00 bits per heavy atom. The van der Waals surface area contributed by atoms with Crippen molar-refractivity contribution in [3.05, 3.63) is 96.1 Å². The molecule has 2 N–H and O–H groups in total. The van der Waals surface area contributed by atoms with Crippen LogP contribution in [0.15, 0.2) is 79.1 Å². The second kappa shape index (κ2) is 8.56. The van der Waals surface area contributed by atoms with Gasteiger partial charge in [0.25, 0.3) is 5.70 Å². The van der Waals surface area contributed by atoms with Gasteiger partial charge in [-0.25, -0.2) is 4.39 Å². The molecule has 0 saturated carbocycles. The predicted molar refractivity (Wildman–Crippen MR) is 111 cm³/mol. The number of pyridine rings is 1. The minimum Gasteiger partial charge on any atom is -0.502 e. The summed E-state index contributed by atoms with van der Waals surface area (Å²) in [7, 11) is 0. The summed E-state index contributed by atoms with van der Waals surface area (Å²) in [6.07, 6.45) is 4.55. The Morgan fingerprint density at radius 2 is 1.63 bits per heavy atom. The number of anilines is 1. The van der Waals surface area contributed by atoms with Gasteiger partial charge >= 0.3 is 0 Å². The minimum atomic E-state index is -0.321. The average Bonchev–Trinajstić information content (AvgIpc) is 2.71. The van der Waals surface area contributed by atoms with Crippen molar-refractivity contribution in [2.45, 2.75) is 13.3 Å². The maximum atomic E-state index is 13.1. The van der Waals surface area contributed by atoms with Crippen LogP contribution >= 0.6 is 12.2 Å². The van der Waals surface area contributed by atoms with Crippen LogP contribution in [0.1, 0.15) is 18.1 Å². The molecule has 3 nitrogen and oxygen atoms in total. The lowest BCUT2D eigenvalue weighted by molar-refractivity contribution is -0.575. The molecule has 0 aliphatic heterocycles. The number of hydrogen-bond donors (Lipinski definition) is 2. The van der Waals surface area contributed by atoms with Crippen molar-refractivity contribution in [1.29, 1.82) is 0 Å². The molecule has 0 unspecified atom stereocenters. The van der Waals surface area contributed by atoms with E-state index in [0.29, 0.717) is 21.9 Å². The molecule has 136 valence electrons. The van der Waals surface area contributed by atoms with Crippen LogP contribution in [0.5, 0.6) is 0 Å². The summed E-state index contributed by atoms with van der Waals surface area (Å²) >= 11 is 5.55. The molecule has 0 aliphatic carbocycles. The van der Waals surface area contributed by atoms with Crippen molar-refractivity contribution < 1.29 is 14.1 Å². The highest BCUT2D eigenvalue weighted by molar-refractivity contribution is 7.81. The van der Waals surface area contributed by atoms with Crippen molar-refractivity contribution in [2.24, 2.45) is 0 Å². The first-order chi connectivity index (χ1) is 13.1. The summed E-state index contributed by atoms with van der Waals surface area (Å²) in [5.74, 6) is -0.257. The van der Waals surface area contributed by atoms with Crippen LogP contribution < -0.4 is 9.88 Å². The summed E-state index contributed by atoms with van der Waals surface area (Å²) in [6, 6.07) is 19.2. The van der Waals surface area contributed by atoms with E-state index < -0.39 is 0 Å². The zero-order valence-electron chi connectivity index (χ0n) is 14.9. The fourth-order valence-electron chi connectivity index (χ4n) is 2.65. The number of benzene rings is 2. The quantitative estimate of drug-likeness (QED) is 0.283. The second-order valence-corrected chi connectivity index (χ2v) is 6.40. The Bertz CT molecular complexity index is 952. The van der Waals surface area contributed by atoms with Gasteiger partial charge in [0.05, 0.1) is 0 Å². The Morgan fingerprint density at radius 3 is 2.22 bits per heavy atom. The average molecular weight is 379 g/mol. The molecule has 0 spiro atoms. The number of hydrogen-bond acceptors (Lipinski definition) is 2. The first-order valence-corrected chi connectivity index (χ1v) is 9.05. The van der Waals surface area contributed by atoms with Crippen molar-refractivity contribution >= 4 is 34.3 Å². The fourth-order valence-corrected chi connectivity index (χ4v) is 2.97. The topological polar surface area (TPSA) is 36.1 Å². The molecule has 3 rings (SSSR count). The van der Waals surface area contributed by atoms with E-state index in [1.807, 2.05) is 54.9 Å². The summed E-state index contributed by atoms with van der Waals surface area (Å²) in [6.45, 7) is 2.08. The summed E-state index contributed by atoms with van der Waals surface area (Å²) in [5, 5.41) is 14.0. The van der Waals surface area contributed by atoms with E-state index in [-0.39, 0.29) is 11.6 Å². The number of aryl methyl sites for hydroxylation is 1. The van der Waals surface area contributed by atoms with Crippen LogP contribution in [0.4, 0.5) is 10.1 Å². The number of halogens is 1. The number of nitrogens with one attached hydrogen (secondary N) is 1. The van der Waals surface area contributed by atoms with Crippen LogP contribution in [0.25, 0.3) is 11.5 Å². The Hall–Kier alpha value is -3.05. The molecular formula is C22H20FN2OS+. The Kier molecular flexibility index (Phi) is 5.94. The highest BCUT2D eigenvalue weighted by atomic mass is 32.1. The van der Waals surface area contributed by atoms with Crippen LogP contribution in [0.2, 0.25) is 0 Å². The van der Waals surface area contributed by atoms with Crippen molar-refractivity contribution in [3.63, 3.8) is 0 Å². The van der Waals surface area contributed by atoms with Crippen molar-refractivity contribution in [1.82, 2.24) is 0 Å². The highest BCUT2D eigenvalue weighted by Gasteiger charge is 2.23. The van der Waals surface area contributed by atoms with Gasteiger partial charge in [0.1, 0.15) is 5.82 Å². The summed E-state index contributed by atoms with van der Waals surface area (Å²) < 4.78 is 14.9. The van der Waals surface area contributed by atoms with Gasteiger partial charge in [0.15, 0.2) is 23.1 Å². The zero-order valence-corrected chi connectivity index (χ0v) is 15.7. The van der Waals surface area contributed by atoms with Gasteiger partial charge < -0.3 is 10.4 Å². The lowest BCUT2D eigenvalue weighted by Crippen LogP contribution is -2.38. The van der Waals surface area contributed by atoms with Crippen molar-refractivity contribution in [2.75, 3.05) is 5.32 Å². The number of aliphatic hydroxyl groups is 1. The number of rotatable bonds is 5. The van der Waals surface area contributed by atoms with E-state index in [2.05, 4.69) is 12.2 Å². The van der Waals surface area contributed by atoms with Gasteiger partial charge in [0, 0.05) is 23.4 Å². The predicted octanol–water partition coefficient (Wildman–Crippen LogP) is 5.00. The maximum Gasteiger partial charge on any atom is 0.288 e. The van der Waals surface area contributed by atoms with E-state index in [1.54, 1.807) is 16.7 Å². The molecule has 0 bridgehead atoms. The third kappa shape index (κ3) is 4.57. The largest absolute Gasteiger partial charge is 0.502 e. The second-order valence-electron chi connectivity index (χ2n) is 5.99. The smallest absolute Gasteiger partial charge is 0.288 e. The molecular weight excluding hydrogens is 359 g/mol. The molecule has 0 atom stereocenters. The molecule has 0 radical (unpaired) electrons. The molecule has 27 heavy (non-hydrogen) atoms. The minimum absolute atomic E-state index is 0.0634. The van der Waals surface area contributed by atoms with Gasteiger partial charge in [-0.2, -0.15) is 4.57 Å². The normalized spacial score (nSPS) is 11.6. The SMILES string of the molecule is CCc1ccc(C(O)=C(C(=S)Nc2ccc(F)cc2)[n+]2ccccc2)cc1. The monoisotopic (exact) mass is 379 g/mol. The fraction of sp³-hybridized carbons (Fsp3) is 0.0909. The maximum absolute atomic E-state index is 13.1. The van der Waals surface area contributed by atoms with Crippen LogP contribution in [0.3, 0.4) is 0 Å². The lowest BCUT2D eigenvalue weighted by atomic mass is 10.1. The molecule has 0 saturated heterocycles. The van der Waals surface area contributed by atoms with E-state index in [1.165, 1.54) is 17.7 Å². The third-order valence-electron chi connectivity index (χ3n) is 4.15. The molecule has 1 heterocycles. The zero-order chi connectivity index (χ0) is 19.2. The summed E-state index contributed by atoms with van der Waals surface area (Å²) in [4.78, 5) is 0.329. The van der Waals surface area contributed by atoms with Crippen LogP contribution in [-0.4, -0.2) is 10.1 Å². The van der Waals surface area contributed by atoms with Gasteiger partial charge in [-0.3, -0.25) is 0 Å². The van der Waals surface area contributed by atoms with Crippen LogP contribution in [0, 0.1) is 5.82 Å². The highest BCUT2D eigenvalue weighted by Crippen LogP contribution is 2.20. The molecule has 2 aromatic carbocycles. The Balaban J connectivity index is 2.02. The molecule has 3 aromatic rings. The number of nitrogens with zero attached hydrogens (tertiary/aromatic N) is 1. The third-order valence-corrected chi connectivity index (χ3v) is 4.45. The van der Waals surface area contributed by atoms with E-state index in [0.717, 1.165) is 6.42 Å². The molecule has 0 fully saturated rings. The first-order valence-electron chi connectivity index (χ1n) is 8.64. The van der Waals surface area contributed by atoms with Crippen LogP contribution in [-0.2, 0) is 6.42 Å². The molecule has 0 aliphatic rings. The van der Waals surface area contributed by atoms with Gasteiger partial charge in [-0.15, -0.1) is 0 Å². The number of aliphatic hydroxyl groups excluding tert-OH is 1. The number of aromatic nitrogens is 1. The summed E-state index contributed by atoms with van der Waals surface area (Å²) in [5.41, 5.74) is 2.94. The van der Waals surface area contributed by atoms with Gasteiger partial charge in [-0.05, 0) is 36.2 Å². The molecule has 1 aromatic heterocycles. The standard InChI is InChI=1S/C22H19FN2OS/c1-2-16-6-8-17(9-7-16)21(26)20(25-14-4-3-5-15-25)22(27)24-19-12-10-18(23)11-13-19/h3-15H,2H2,1H3,(H-,24,26,27)/p+1. The van der Waals surface area contributed by atoms with E-state index >= 15 is 0 Å². The van der Waals surface area contributed by atoms with Gasteiger partial charge in [-0.1, -0.05) is 49.5 Å². The lowest BCUT2D eigenvalue weighted by Gasteiger charge is -2.10. The van der Waals surface area contributed by atoms with Gasteiger partial charge in [0.2, 0.25) is 0 Å². The first kappa shape index (κ1) is 18.7. The molecule has 0 amide bonds. The number of thiocarbonyl (C=S) groups is 1. The van der Waals surface area contributed by atoms with E-state index in [4.69, 9.17) is 12.2 Å². The van der Waals surface area contributed by atoms with E-state index in [9.17, 15) is 9.50 Å².